The molecule has 8 heteroatoms. The van der Waals surface area contributed by atoms with E-state index in [-0.39, 0.29) is 11.3 Å². The lowest BCUT2D eigenvalue weighted by atomic mass is 9.93. The Morgan fingerprint density at radius 3 is 2.07 bits per heavy atom. The minimum atomic E-state index is -0.967. The highest BCUT2D eigenvalue weighted by molar-refractivity contribution is 6.30. The van der Waals surface area contributed by atoms with Crippen LogP contribution in [0.2, 0.25) is 10.0 Å². The van der Waals surface area contributed by atoms with E-state index >= 15 is 0 Å². The lowest BCUT2D eigenvalue weighted by Gasteiger charge is -2.30. The summed E-state index contributed by atoms with van der Waals surface area (Å²) in [5, 5.41) is 13.2. The van der Waals surface area contributed by atoms with E-state index in [1.165, 1.54) is 0 Å². The number of hydrogen-bond acceptors (Lipinski definition) is 5. The molecule has 2 rings (SSSR count). The Labute approximate surface area is 187 Å². The van der Waals surface area contributed by atoms with Gasteiger partial charge < -0.3 is 9.47 Å². The Hall–Kier alpha value is -1.99. The molecule has 0 saturated carbocycles. The Kier molecular flexibility index (Phi) is 9.24. The second kappa shape index (κ2) is 11.4. The van der Waals surface area contributed by atoms with Crippen molar-refractivity contribution >= 4 is 29.4 Å². The summed E-state index contributed by atoms with van der Waals surface area (Å²) < 4.78 is 11.0. The number of halogens is 2. The number of rotatable bonds is 11. The van der Waals surface area contributed by atoms with Crippen molar-refractivity contribution in [3.05, 3.63) is 79.8 Å². The van der Waals surface area contributed by atoms with Gasteiger partial charge in [0.25, 0.3) is 0 Å². The van der Waals surface area contributed by atoms with Crippen LogP contribution in [0.25, 0.3) is 0 Å². The number of benzene rings is 2. The van der Waals surface area contributed by atoms with Gasteiger partial charge in [-0.1, -0.05) is 54.4 Å². The van der Waals surface area contributed by atoms with Gasteiger partial charge in [-0.15, -0.1) is 0 Å². The molecule has 0 bridgehead atoms. The minimum absolute atomic E-state index is 0.230. The molecule has 162 valence electrons. The third kappa shape index (κ3) is 6.51. The smallest absolute Gasteiger partial charge is 0.239 e. The quantitative estimate of drug-likeness (QED) is 0.182. The number of aliphatic imine (C=N–C) groups is 1. The van der Waals surface area contributed by atoms with Crippen LogP contribution in [0.5, 0.6) is 0 Å². The van der Waals surface area contributed by atoms with Crippen LogP contribution in [-0.4, -0.2) is 37.2 Å². The Bertz CT molecular complexity index is 829. The molecule has 0 spiro atoms. The number of ether oxygens (including phenoxy) is 2. The van der Waals surface area contributed by atoms with Crippen molar-refractivity contribution in [2.45, 2.75) is 44.1 Å². The van der Waals surface area contributed by atoms with Gasteiger partial charge >= 0.3 is 0 Å². The molecular formula is C22H26Cl2N2O4. The highest BCUT2D eigenvalue weighted by atomic mass is 35.5. The predicted molar refractivity (Wildman–Crippen MR) is 120 cm³/mol. The SMILES string of the molecule is CCC(CCC(C(N=Cc1ccc(Cl)cc1)c1ccc(Cl)cc1)[N+](=O)[O-])(OC)OC. The van der Waals surface area contributed by atoms with Crippen LogP contribution in [0.3, 0.4) is 0 Å². The highest BCUT2D eigenvalue weighted by Gasteiger charge is 2.37. The second-order valence-corrected chi connectivity index (χ2v) is 7.76. The fraction of sp³-hybridized carbons (Fsp3) is 0.409. The minimum Gasteiger partial charge on any atom is -0.353 e. The molecule has 2 atom stereocenters. The average molecular weight is 453 g/mol. The number of methoxy groups -OCH3 is 2. The monoisotopic (exact) mass is 452 g/mol. The first-order valence-corrected chi connectivity index (χ1v) is 10.4. The maximum absolute atomic E-state index is 12.0. The lowest BCUT2D eigenvalue weighted by molar-refractivity contribution is -0.528. The van der Waals surface area contributed by atoms with Gasteiger partial charge in [-0.25, -0.2) is 0 Å². The normalized spacial score (nSPS) is 14.0. The summed E-state index contributed by atoms with van der Waals surface area (Å²) in [6, 6.07) is 12.4. The summed E-state index contributed by atoms with van der Waals surface area (Å²) >= 11 is 11.9. The van der Waals surface area contributed by atoms with Crippen molar-refractivity contribution in [3.8, 4) is 0 Å². The third-order valence-corrected chi connectivity index (χ3v) is 5.71. The van der Waals surface area contributed by atoms with Gasteiger partial charge in [0.1, 0.15) is 6.04 Å². The largest absolute Gasteiger partial charge is 0.353 e. The molecule has 2 aromatic rings. The van der Waals surface area contributed by atoms with Gasteiger partial charge in [-0.3, -0.25) is 15.1 Å². The summed E-state index contributed by atoms with van der Waals surface area (Å²) in [6.45, 7) is 1.92. The molecular weight excluding hydrogens is 427 g/mol. The van der Waals surface area contributed by atoms with Crippen molar-refractivity contribution in [1.29, 1.82) is 0 Å². The van der Waals surface area contributed by atoms with E-state index in [9.17, 15) is 10.1 Å². The van der Waals surface area contributed by atoms with Crippen LogP contribution in [0.1, 0.15) is 43.4 Å². The van der Waals surface area contributed by atoms with Gasteiger partial charge in [-0.2, -0.15) is 0 Å². The van der Waals surface area contributed by atoms with E-state index in [0.717, 1.165) is 5.56 Å². The second-order valence-electron chi connectivity index (χ2n) is 6.89. The molecule has 0 aromatic heterocycles. The highest BCUT2D eigenvalue weighted by Crippen LogP contribution is 2.31. The van der Waals surface area contributed by atoms with Crippen LogP contribution in [-0.2, 0) is 9.47 Å². The number of nitro groups is 1. The maximum atomic E-state index is 12.0. The fourth-order valence-corrected chi connectivity index (χ4v) is 3.53. The Balaban J connectivity index is 2.36. The molecule has 0 N–H and O–H groups in total. The fourth-order valence-electron chi connectivity index (χ4n) is 3.28. The van der Waals surface area contributed by atoms with E-state index in [1.54, 1.807) is 56.8 Å². The van der Waals surface area contributed by atoms with Crippen molar-refractivity contribution < 1.29 is 14.4 Å². The van der Waals surface area contributed by atoms with Crippen molar-refractivity contribution in [3.63, 3.8) is 0 Å². The Morgan fingerprint density at radius 1 is 1.07 bits per heavy atom. The van der Waals surface area contributed by atoms with E-state index in [0.29, 0.717) is 28.5 Å². The molecule has 2 aromatic carbocycles. The van der Waals surface area contributed by atoms with Gasteiger partial charge in [-0.05, 0) is 41.8 Å². The summed E-state index contributed by atoms with van der Waals surface area (Å²) in [5.74, 6) is -0.862. The van der Waals surface area contributed by atoms with Crippen molar-refractivity contribution in [1.82, 2.24) is 0 Å². The van der Waals surface area contributed by atoms with Crippen LogP contribution >= 0.6 is 23.2 Å². The first-order valence-electron chi connectivity index (χ1n) is 9.62. The topological polar surface area (TPSA) is 74.0 Å². The molecule has 0 aliphatic heterocycles. The van der Waals surface area contributed by atoms with Gasteiger partial charge in [0.05, 0.1) is 0 Å². The molecule has 0 aliphatic carbocycles. The zero-order valence-electron chi connectivity index (χ0n) is 17.3. The molecule has 0 radical (unpaired) electrons. The first-order chi connectivity index (χ1) is 14.3. The summed E-state index contributed by atoms with van der Waals surface area (Å²) in [7, 11) is 3.09. The van der Waals surface area contributed by atoms with Gasteiger partial charge in [0, 0.05) is 48.2 Å². The summed E-state index contributed by atoms with van der Waals surface area (Å²) in [4.78, 5) is 16.3. The predicted octanol–water partition coefficient (Wildman–Crippen LogP) is 5.98. The van der Waals surface area contributed by atoms with Crippen molar-refractivity contribution in [2.75, 3.05) is 14.2 Å². The Morgan fingerprint density at radius 2 is 1.60 bits per heavy atom. The summed E-state index contributed by atoms with van der Waals surface area (Å²) in [5.41, 5.74) is 1.51. The zero-order valence-corrected chi connectivity index (χ0v) is 18.8. The van der Waals surface area contributed by atoms with Gasteiger partial charge in [0.15, 0.2) is 5.79 Å². The molecule has 30 heavy (non-hydrogen) atoms. The number of nitrogens with zero attached hydrogens (tertiary/aromatic N) is 2. The third-order valence-electron chi connectivity index (χ3n) is 5.20. The van der Waals surface area contributed by atoms with Crippen LogP contribution in [0.15, 0.2) is 53.5 Å². The van der Waals surface area contributed by atoms with Crippen LogP contribution in [0, 0.1) is 10.1 Å². The molecule has 0 saturated heterocycles. The van der Waals surface area contributed by atoms with E-state index in [2.05, 4.69) is 4.99 Å². The van der Waals surface area contributed by atoms with Crippen LogP contribution in [0.4, 0.5) is 0 Å². The van der Waals surface area contributed by atoms with E-state index < -0.39 is 17.9 Å². The molecule has 6 nitrogen and oxygen atoms in total. The summed E-state index contributed by atoms with van der Waals surface area (Å²) in [6.07, 6.45) is 2.80. The number of hydrogen-bond donors (Lipinski definition) is 0. The average Bonchev–Trinajstić information content (AvgIpc) is 2.75. The molecule has 2 unspecified atom stereocenters. The maximum Gasteiger partial charge on any atom is 0.239 e. The molecule has 0 aliphatic rings. The van der Waals surface area contributed by atoms with Crippen molar-refractivity contribution in [2.24, 2.45) is 4.99 Å². The molecule has 0 fully saturated rings. The zero-order chi connectivity index (χ0) is 22.1. The van der Waals surface area contributed by atoms with Crippen LogP contribution < -0.4 is 0 Å². The standard InChI is InChI=1S/C22H26Cl2N2O4/c1-4-22(29-2,30-3)14-13-20(26(27)28)21(17-7-11-19(24)12-8-17)25-15-16-5-9-18(23)10-6-16/h5-12,15,20-21H,4,13-14H2,1-3H3. The molecule has 0 heterocycles. The van der Waals surface area contributed by atoms with Gasteiger partial charge in [0.2, 0.25) is 6.04 Å². The lowest BCUT2D eigenvalue weighted by Crippen LogP contribution is -2.36. The van der Waals surface area contributed by atoms with E-state index in [1.807, 2.05) is 19.1 Å². The van der Waals surface area contributed by atoms with E-state index in [4.69, 9.17) is 32.7 Å². The first kappa shape index (κ1) is 24.3. The molecule has 0 amide bonds.